The number of hydrogen-bond donors (Lipinski definition) is 5. The Morgan fingerprint density at radius 3 is 1.45 bits per heavy atom. The maximum absolute atomic E-state index is 9.78. The van der Waals surface area contributed by atoms with E-state index in [1.165, 1.54) is 0 Å². The summed E-state index contributed by atoms with van der Waals surface area (Å²) in [4.78, 5) is 30.2. The molecule has 5 N–H and O–H groups in total. The standard InChI is InChI=1S/C2H7O4P.H3O3P/c1-2(3)7(4,5)6;1-4(2)3/h2-3H,1H3,(H2,4,5,6);4H,(H2,1,2,3). The minimum atomic E-state index is -4.18. The summed E-state index contributed by atoms with van der Waals surface area (Å²) >= 11 is 0. The Labute approximate surface area is 63.4 Å². The third-order valence-electron chi connectivity index (χ3n) is 0.487. The monoisotopic (exact) mass is 208 g/mol. The second kappa shape index (κ2) is 5.85. The highest BCUT2D eigenvalue weighted by molar-refractivity contribution is 7.52. The average molecular weight is 208 g/mol. The van der Waals surface area contributed by atoms with Crippen molar-refractivity contribution >= 4 is 15.9 Å². The lowest BCUT2D eigenvalue weighted by molar-refractivity contribution is 0.218. The summed E-state index contributed by atoms with van der Waals surface area (Å²) in [7, 11) is -7.31. The fourth-order valence-electron chi connectivity index (χ4n) is 0. The van der Waals surface area contributed by atoms with Crippen molar-refractivity contribution in [3.8, 4) is 0 Å². The molecule has 0 aromatic rings. The van der Waals surface area contributed by atoms with Crippen molar-refractivity contribution < 1.29 is 33.8 Å². The van der Waals surface area contributed by atoms with Crippen LogP contribution < -0.4 is 0 Å². The zero-order valence-electron chi connectivity index (χ0n) is 5.58. The highest BCUT2D eigenvalue weighted by Crippen LogP contribution is 2.38. The lowest BCUT2D eigenvalue weighted by Crippen LogP contribution is -1.98. The van der Waals surface area contributed by atoms with Gasteiger partial charge in [0, 0.05) is 0 Å². The molecule has 0 amide bonds. The van der Waals surface area contributed by atoms with E-state index < -0.39 is 21.7 Å². The van der Waals surface area contributed by atoms with Crippen LogP contribution in [0.1, 0.15) is 6.92 Å². The maximum Gasteiger partial charge on any atom is 0.353 e. The molecule has 1 unspecified atom stereocenters. The topological polar surface area (TPSA) is 135 Å². The Kier molecular flexibility index (Phi) is 7.36. The van der Waals surface area contributed by atoms with E-state index in [0.717, 1.165) is 6.92 Å². The molecule has 1 atom stereocenters. The molecule has 70 valence electrons. The van der Waals surface area contributed by atoms with Crippen LogP contribution >= 0.6 is 15.9 Å². The van der Waals surface area contributed by atoms with E-state index in [0.29, 0.717) is 0 Å². The molecule has 11 heavy (non-hydrogen) atoms. The van der Waals surface area contributed by atoms with Crippen molar-refractivity contribution in [2.75, 3.05) is 0 Å². The van der Waals surface area contributed by atoms with Gasteiger partial charge in [-0.3, -0.25) is 9.13 Å². The largest absolute Gasteiger partial charge is 0.381 e. The zero-order valence-corrected chi connectivity index (χ0v) is 7.47. The van der Waals surface area contributed by atoms with Gasteiger partial charge in [0.1, 0.15) is 0 Å². The number of aliphatic hydroxyl groups is 1. The normalized spacial score (nSPS) is 13.7. The molecule has 0 heterocycles. The van der Waals surface area contributed by atoms with Crippen LogP contribution in [0.25, 0.3) is 0 Å². The predicted octanol–water partition coefficient (Wildman–Crippen LogP) is -1.14. The lowest BCUT2D eigenvalue weighted by atomic mass is 10.9. The number of rotatable bonds is 1. The van der Waals surface area contributed by atoms with Crippen LogP contribution in [0, 0.1) is 0 Å². The Morgan fingerprint density at radius 2 is 1.45 bits per heavy atom. The van der Waals surface area contributed by atoms with Crippen LogP contribution in [0.3, 0.4) is 0 Å². The van der Waals surface area contributed by atoms with Gasteiger partial charge in [-0.25, -0.2) is 0 Å². The van der Waals surface area contributed by atoms with Crippen LogP contribution in [-0.4, -0.2) is 30.5 Å². The molecule has 0 aliphatic heterocycles. The number of hydrogen-bond acceptors (Lipinski definition) is 3. The summed E-state index contributed by atoms with van der Waals surface area (Å²) in [5, 5.41) is 8.13. The summed E-state index contributed by atoms with van der Waals surface area (Å²) in [5.74, 6) is -1.53. The van der Waals surface area contributed by atoms with Crippen molar-refractivity contribution in [1.82, 2.24) is 0 Å². The quantitative estimate of drug-likeness (QED) is 0.343. The Balaban J connectivity index is 0. The van der Waals surface area contributed by atoms with Gasteiger partial charge in [0.05, 0.1) is 0 Å². The molecule has 0 rings (SSSR count). The Hall–Kier alpha value is 0.260. The fourth-order valence-corrected chi connectivity index (χ4v) is 0. The van der Waals surface area contributed by atoms with Crippen LogP contribution in [0.15, 0.2) is 0 Å². The first kappa shape index (κ1) is 13.8. The summed E-state index contributed by atoms with van der Waals surface area (Å²) in [5.41, 5.74) is 0. The van der Waals surface area contributed by atoms with E-state index in [9.17, 15) is 4.57 Å². The van der Waals surface area contributed by atoms with Gasteiger partial charge in [0.25, 0.3) is 0 Å². The molecule has 0 saturated carbocycles. The summed E-state index contributed by atoms with van der Waals surface area (Å²) < 4.78 is 18.5. The first-order valence-electron chi connectivity index (χ1n) is 2.33. The summed E-state index contributed by atoms with van der Waals surface area (Å²) in [6.07, 6.45) is 0. The molecule has 0 bridgehead atoms. The molecule has 0 aromatic heterocycles. The molecule has 7 nitrogen and oxygen atoms in total. The third-order valence-corrected chi connectivity index (χ3v) is 1.46. The molecule has 0 fully saturated rings. The molecular formula is C2H10O7P2. The van der Waals surface area contributed by atoms with Crippen LogP contribution in [-0.2, 0) is 9.13 Å². The van der Waals surface area contributed by atoms with Gasteiger partial charge in [-0.15, -0.1) is 0 Å². The molecule has 0 aliphatic carbocycles. The van der Waals surface area contributed by atoms with Gasteiger partial charge in [0.15, 0.2) is 5.85 Å². The van der Waals surface area contributed by atoms with E-state index in [-0.39, 0.29) is 0 Å². The SMILES string of the molecule is CC(O)P(=O)(O)O.O=[PH](O)O. The fraction of sp³-hybridized carbons (Fsp3) is 1.00. The van der Waals surface area contributed by atoms with Gasteiger partial charge in [-0.05, 0) is 6.92 Å². The summed E-state index contributed by atoms with van der Waals surface area (Å²) in [6.45, 7) is 1.04. The van der Waals surface area contributed by atoms with Gasteiger partial charge < -0.3 is 24.7 Å². The van der Waals surface area contributed by atoms with E-state index in [1.54, 1.807) is 0 Å². The third kappa shape index (κ3) is 17.9. The zero-order chi connectivity index (χ0) is 9.65. The van der Waals surface area contributed by atoms with Gasteiger partial charge in [-0.2, -0.15) is 0 Å². The van der Waals surface area contributed by atoms with Gasteiger partial charge in [-0.1, -0.05) is 0 Å². The van der Waals surface area contributed by atoms with E-state index in [1.807, 2.05) is 0 Å². The maximum atomic E-state index is 9.78. The molecule has 0 radical (unpaired) electrons. The summed E-state index contributed by atoms with van der Waals surface area (Å²) in [6, 6.07) is 0. The molecule has 0 spiro atoms. The Morgan fingerprint density at radius 1 is 1.36 bits per heavy atom. The average Bonchev–Trinajstić information content (AvgIpc) is 1.59. The van der Waals surface area contributed by atoms with Crippen LogP contribution in [0.5, 0.6) is 0 Å². The van der Waals surface area contributed by atoms with E-state index in [2.05, 4.69) is 0 Å². The first-order chi connectivity index (χ1) is 4.68. The predicted molar refractivity (Wildman–Crippen MR) is 37.2 cm³/mol. The molecule has 0 aliphatic rings. The van der Waals surface area contributed by atoms with Crippen molar-refractivity contribution in [1.29, 1.82) is 0 Å². The lowest BCUT2D eigenvalue weighted by Gasteiger charge is -2.03. The molecule has 0 aromatic carbocycles. The van der Waals surface area contributed by atoms with E-state index in [4.69, 9.17) is 29.2 Å². The highest BCUT2D eigenvalue weighted by Gasteiger charge is 2.19. The first-order valence-corrected chi connectivity index (χ1v) is 5.31. The van der Waals surface area contributed by atoms with E-state index >= 15 is 0 Å². The van der Waals surface area contributed by atoms with Crippen molar-refractivity contribution in [3.05, 3.63) is 0 Å². The minimum Gasteiger partial charge on any atom is -0.381 e. The molecular weight excluding hydrogens is 198 g/mol. The minimum absolute atomic E-state index is 1.04. The smallest absolute Gasteiger partial charge is 0.353 e. The van der Waals surface area contributed by atoms with Crippen molar-refractivity contribution in [2.45, 2.75) is 12.8 Å². The molecule has 9 heteroatoms. The van der Waals surface area contributed by atoms with Crippen LogP contribution in [0.2, 0.25) is 0 Å². The van der Waals surface area contributed by atoms with Gasteiger partial charge >= 0.3 is 15.9 Å². The van der Waals surface area contributed by atoms with Crippen molar-refractivity contribution in [3.63, 3.8) is 0 Å². The van der Waals surface area contributed by atoms with Crippen LogP contribution in [0.4, 0.5) is 0 Å². The van der Waals surface area contributed by atoms with Crippen molar-refractivity contribution in [2.24, 2.45) is 0 Å². The second-order valence-corrected chi connectivity index (χ2v) is 3.99. The Bertz CT molecular complexity index is 154. The van der Waals surface area contributed by atoms with Gasteiger partial charge in [0.2, 0.25) is 0 Å². The second-order valence-electron chi connectivity index (χ2n) is 1.50. The number of aliphatic hydroxyl groups excluding tert-OH is 1. The molecule has 0 saturated heterocycles. The highest BCUT2D eigenvalue weighted by atomic mass is 31.2.